The molecule has 0 aliphatic carbocycles. The van der Waals surface area contributed by atoms with E-state index in [4.69, 9.17) is 14.7 Å². The number of nitriles is 1. The second-order valence-corrected chi connectivity index (χ2v) is 5.50. The van der Waals surface area contributed by atoms with E-state index < -0.39 is 0 Å². The van der Waals surface area contributed by atoms with Gasteiger partial charge in [-0.3, -0.25) is 4.79 Å². The number of hydrogen-bond donors (Lipinski definition) is 0. The quantitative estimate of drug-likeness (QED) is 0.643. The maximum Gasteiger partial charge on any atom is 0.327 e. The molecule has 1 saturated heterocycles. The van der Waals surface area contributed by atoms with Crippen molar-refractivity contribution in [2.24, 2.45) is 0 Å². The Morgan fingerprint density at radius 2 is 1.91 bits per heavy atom. The number of carbonyl (C=O) groups is 1. The Balaban J connectivity index is 1.80. The molecule has 0 spiro atoms. The average molecular weight is 305 g/mol. The summed E-state index contributed by atoms with van der Waals surface area (Å²) >= 11 is 0. The topological polar surface area (TPSA) is 59.3 Å². The number of carbonyl (C=O) groups excluding carboxylic acids is 1. The van der Waals surface area contributed by atoms with Gasteiger partial charge in [0.25, 0.3) is 0 Å². The number of hydrogen-bond acceptors (Lipinski definition) is 4. The van der Waals surface area contributed by atoms with E-state index in [1.807, 2.05) is 12.1 Å². The summed E-state index contributed by atoms with van der Waals surface area (Å²) in [6, 6.07) is 14.4. The predicted octanol–water partition coefficient (Wildman–Crippen LogP) is 3.17. The van der Waals surface area contributed by atoms with Crippen LogP contribution in [0.3, 0.4) is 0 Å². The third kappa shape index (κ3) is 3.61. The lowest BCUT2D eigenvalue weighted by Gasteiger charge is -2.21. The number of benzene rings is 2. The summed E-state index contributed by atoms with van der Waals surface area (Å²) in [7, 11) is 0. The third-order valence-electron chi connectivity index (χ3n) is 3.93. The molecule has 0 radical (unpaired) electrons. The molecule has 1 heterocycles. The average Bonchev–Trinajstić information content (AvgIpc) is 2.63. The lowest BCUT2D eigenvalue weighted by atomic mass is 9.55. The van der Waals surface area contributed by atoms with Crippen LogP contribution in [0.2, 0.25) is 6.32 Å². The summed E-state index contributed by atoms with van der Waals surface area (Å²) in [5.41, 5.74) is 2.10. The van der Waals surface area contributed by atoms with Gasteiger partial charge in [-0.1, -0.05) is 12.5 Å². The van der Waals surface area contributed by atoms with Gasteiger partial charge >= 0.3 is 6.92 Å². The second-order valence-electron chi connectivity index (χ2n) is 5.50. The molecule has 114 valence electrons. The molecule has 2 aromatic rings. The lowest BCUT2D eigenvalue weighted by molar-refractivity contribution is 0.112. The van der Waals surface area contributed by atoms with Crippen LogP contribution >= 0.6 is 0 Å². The molecule has 0 amide bonds. The third-order valence-corrected chi connectivity index (χ3v) is 3.93. The van der Waals surface area contributed by atoms with Gasteiger partial charge in [0.1, 0.15) is 17.8 Å². The van der Waals surface area contributed by atoms with E-state index in [2.05, 4.69) is 6.07 Å². The Labute approximate surface area is 135 Å². The highest BCUT2D eigenvalue weighted by Crippen LogP contribution is 2.23. The number of nitrogens with zero attached hydrogens (tertiary/aromatic N) is 1. The van der Waals surface area contributed by atoms with Crippen molar-refractivity contribution in [3.8, 4) is 17.6 Å². The molecular weight excluding hydrogens is 289 g/mol. The largest absolute Gasteiger partial charge is 0.457 e. The van der Waals surface area contributed by atoms with E-state index in [9.17, 15) is 4.79 Å². The lowest BCUT2D eigenvalue weighted by Crippen LogP contribution is -2.38. The fourth-order valence-corrected chi connectivity index (χ4v) is 2.73. The molecule has 1 aliphatic heterocycles. The molecule has 1 aliphatic rings. The van der Waals surface area contributed by atoms with Gasteiger partial charge in [-0.05, 0) is 54.6 Å². The number of rotatable bonds is 4. The Morgan fingerprint density at radius 1 is 1.13 bits per heavy atom. The molecule has 0 N–H and O–H groups in total. The highest BCUT2D eigenvalue weighted by atomic mass is 16.5. The first kappa shape index (κ1) is 15.3. The molecule has 0 bridgehead atoms. The van der Waals surface area contributed by atoms with E-state index >= 15 is 0 Å². The minimum atomic E-state index is -0.00656. The van der Waals surface area contributed by atoms with Gasteiger partial charge in [-0.25, -0.2) is 0 Å². The van der Waals surface area contributed by atoms with E-state index in [1.165, 1.54) is 0 Å². The van der Waals surface area contributed by atoms with Crippen LogP contribution in [0.15, 0.2) is 42.5 Å². The Kier molecular flexibility index (Phi) is 4.75. The molecule has 0 aromatic heterocycles. The van der Waals surface area contributed by atoms with Crippen LogP contribution in [0.4, 0.5) is 0 Å². The Morgan fingerprint density at radius 3 is 2.57 bits per heavy atom. The first-order valence-electron chi connectivity index (χ1n) is 7.69. The van der Waals surface area contributed by atoms with Crippen LogP contribution in [-0.4, -0.2) is 19.8 Å². The summed E-state index contributed by atoms with van der Waals surface area (Å²) in [5, 5.41) is 8.80. The van der Waals surface area contributed by atoms with Crippen molar-refractivity contribution in [3.05, 3.63) is 53.6 Å². The smallest absolute Gasteiger partial charge is 0.327 e. The van der Waals surface area contributed by atoms with Gasteiger partial charge in [0.05, 0.1) is 11.6 Å². The van der Waals surface area contributed by atoms with Crippen molar-refractivity contribution in [1.82, 2.24) is 0 Å². The predicted molar refractivity (Wildman–Crippen MR) is 88.4 cm³/mol. The van der Waals surface area contributed by atoms with Gasteiger partial charge in [-0.2, -0.15) is 5.26 Å². The van der Waals surface area contributed by atoms with E-state index in [1.54, 1.807) is 30.3 Å². The van der Waals surface area contributed by atoms with Gasteiger partial charge in [0.2, 0.25) is 0 Å². The van der Waals surface area contributed by atoms with Crippen molar-refractivity contribution in [2.45, 2.75) is 19.2 Å². The summed E-state index contributed by atoms with van der Waals surface area (Å²) in [6.07, 6.45) is 3.98. The van der Waals surface area contributed by atoms with Crippen LogP contribution in [0, 0.1) is 11.3 Å². The summed E-state index contributed by atoms with van der Waals surface area (Å²) < 4.78 is 11.5. The molecule has 0 unspecified atom stereocenters. The van der Waals surface area contributed by atoms with Crippen LogP contribution in [0.25, 0.3) is 0 Å². The first-order chi connectivity index (χ1) is 11.3. The first-order valence-corrected chi connectivity index (χ1v) is 7.69. The van der Waals surface area contributed by atoms with Gasteiger partial charge in [0.15, 0.2) is 0 Å². The number of ether oxygens (including phenoxy) is 1. The number of aldehydes is 1. The second kappa shape index (κ2) is 7.12. The summed E-state index contributed by atoms with van der Waals surface area (Å²) in [6.45, 7) is 0.736. The maximum absolute atomic E-state index is 11.4. The van der Waals surface area contributed by atoms with Crippen LogP contribution in [0.1, 0.15) is 28.8 Å². The fraction of sp³-hybridized carbons (Fsp3) is 0.222. The van der Waals surface area contributed by atoms with E-state index in [-0.39, 0.29) is 6.92 Å². The van der Waals surface area contributed by atoms with Crippen molar-refractivity contribution in [1.29, 1.82) is 5.26 Å². The SMILES string of the molecule is N#Cc1ccc(Oc2ccc(B3CCCCO3)c(C=O)c2)cc1. The molecule has 1 fully saturated rings. The monoisotopic (exact) mass is 305 g/mol. The highest BCUT2D eigenvalue weighted by Gasteiger charge is 2.24. The highest BCUT2D eigenvalue weighted by molar-refractivity contribution is 6.68. The maximum atomic E-state index is 11.4. The Bertz CT molecular complexity index is 731. The van der Waals surface area contributed by atoms with Crippen molar-refractivity contribution < 1.29 is 14.2 Å². The molecule has 0 saturated carbocycles. The van der Waals surface area contributed by atoms with Gasteiger partial charge < -0.3 is 9.39 Å². The molecule has 2 aromatic carbocycles. The van der Waals surface area contributed by atoms with Gasteiger partial charge in [-0.15, -0.1) is 0 Å². The normalized spacial score (nSPS) is 14.1. The molecule has 4 nitrogen and oxygen atoms in total. The standard InChI is InChI=1S/C18H16BNO3/c20-12-14-3-5-16(6-4-14)23-17-7-8-18(15(11-17)13-21)19-9-1-2-10-22-19/h3-8,11,13H,1-2,9-10H2. The van der Waals surface area contributed by atoms with Crippen molar-refractivity contribution in [3.63, 3.8) is 0 Å². The zero-order valence-corrected chi connectivity index (χ0v) is 12.7. The zero-order valence-electron chi connectivity index (χ0n) is 12.7. The molecule has 3 rings (SSSR count). The van der Waals surface area contributed by atoms with Gasteiger partial charge in [0, 0.05) is 12.2 Å². The molecule has 0 atom stereocenters. The van der Waals surface area contributed by atoms with E-state index in [0.717, 1.165) is 37.5 Å². The molecule has 23 heavy (non-hydrogen) atoms. The van der Waals surface area contributed by atoms with Crippen molar-refractivity contribution >= 4 is 18.7 Å². The minimum Gasteiger partial charge on any atom is -0.457 e. The van der Waals surface area contributed by atoms with Crippen LogP contribution in [0.5, 0.6) is 11.5 Å². The van der Waals surface area contributed by atoms with Crippen LogP contribution < -0.4 is 10.2 Å². The van der Waals surface area contributed by atoms with Crippen LogP contribution in [-0.2, 0) is 4.65 Å². The Hall–Kier alpha value is -2.58. The molecular formula is C18H16BNO3. The summed E-state index contributed by atoms with van der Waals surface area (Å²) in [4.78, 5) is 11.4. The zero-order chi connectivity index (χ0) is 16.1. The minimum absolute atomic E-state index is 0.00656. The molecule has 5 heteroatoms. The fourth-order valence-electron chi connectivity index (χ4n) is 2.73. The van der Waals surface area contributed by atoms with E-state index in [0.29, 0.717) is 22.6 Å². The summed E-state index contributed by atoms with van der Waals surface area (Å²) in [5.74, 6) is 1.22. The van der Waals surface area contributed by atoms with Crippen molar-refractivity contribution in [2.75, 3.05) is 6.61 Å².